The van der Waals surface area contributed by atoms with Crippen molar-refractivity contribution in [2.45, 2.75) is 26.2 Å². The summed E-state index contributed by atoms with van der Waals surface area (Å²) in [5.41, 5.74) is 1.18. The van der Waals surface area contributed by atoms with Crippen LogP contribution in [0.3, 0.4) is 0 Å². The number of hydrogen-bond donors (Lipinski definition) is 1. The first-order valence-electron chi connectivity index (χ1n) is 5.13. The number of allylic oxidation sites excluding steroid dienone is 1. The molecule has 2 rings (SSSR count). The minimum absolute atomic E-state index is 0.0835. The highest BCUT2D eigenvalue weighted by Gasteiger charge is 2.49. The van der Waals surface area contributed by atoms with Crippen LogP contribution in [0.1, 0.15) is 26.2 Å². The van der Waals surface area contributed by atoms with E-state index in [1.54, 1.807) is 0 Å². The number of aliphatic hydroxyl groups is 1. The summed E-state index contributed by atoms with van der Waals surface area (Å²) in [6, 6.07) is 0. The van der Waals surface area contributed by atoms with Crippen LogP contribution in [0.4, 0.5) is 0 Å². The van der Waals surface area contributed by atoms with Gasteiger partial charge in [-0.3, -0.25) is 4.79 Å². The highest BCUT2D eigenvalue weighted by molar-refractivity contribution is 5.73. The molecule has 14 heavy (non-hydrogen) atoms. The summed E-state index contributed by atoms with van der Waals surface area (Å²) in [6.07, 6.45) is 4.43. The maximum absolute atomic E-state index is 11.2. The molecule has 1 aliphatic heterocycles. The summed E-state index contributed by atoms with van der Waals surface area (Å²) in [5.74, 6) is 0.293. The van der Waals surface area contributed by atoms with Crippen LogP contribution in [0.25, 0.3) is 0 Å². The number of aliphatic hydroxyl groups excluding tert-OH is 1. The molecule has 0 aromatic carbocycles. The van der Waals surface area contributed by atoms with Gasteiger partial charge in [0.1, 0.15) is 6.61 Å². The van der Waals surface area contributed by atoms with E-state index >= 15 is 0 Å². The van der Waals surface area contributed by atoms with E-state index in [-0.39, 0.29) is 18.0 Å². The lowest BCUT2D eigenvalue weighted by Crippen LogP contribution is -2.29. The van der Waals surface area contributed by atoms with Gasteiger partial charge in [0.15, 0.2) is 0 Å². The Kier molecular flexibility index (Phi) is 2.35. The van der Waals surface area contributed by atoms with E-state index in [4.69, 9.17) is 9.84 Å². The number of cyclic esters (lactones) is 1. The zero-order valence-electron chi connectivity index (χ0n) is 8.45. The van der Waals surface area contributed by atoms with Gasteiger partial charge in [0.25, 0.3) is 0 Å². The second-order valence-corrected chi connectivity index (χ2v) is 4.33. The average Bonchev–Trinajstić information content (AvgIpc) is 2.66. The Morgan fingerprint density at radius 1 is 1.71 bits per heavy atom. The fourth-order valence-electron chi connectivity index (χ4n) is 2.70. The summed E-state index contributed by atoms with van der Waals surface area (Å²) in [6.45, 7) is 2.78. The number of hydrogen-bond acceptors (Lipinski definition) is 3. The summed E-state index contributed by atoms with van der Waals surface area (Å²) in [7, 11) is 0. The largest absolute Gasteiger partial charge is 0.465 e. The Hall–Kier alpha value is -0.830. The van der Waals surface area contributed by atoms with E-state index in [0.29, 0.717) is 18.9 Å². The Labute approximate surface area is 83.8 Å². The molecule has 1 spiro atoms. The molecule has 0 aromatic rings. The molecule has 0 saturated carbocycles. The van der Waals surface area contributed by atoms with Crippen LogP contribution in [0.5, 0.6) is 0 Å². The number of esters is 1. The molecule has 1 fully saturated rings. The van der Waals surface area contributed by atoms with Crippen molar-refractivity contribution in [1.82, 2.24) is 0 Å². The third-order valence-electron chi connectivity index (χ3n) is 3.70. The summed E-state index contributed by atoms with van der Waals surface area (Å²) in [4.78, 5) is 11.2. The van der Waals surface area contributed by atoms with Gasteiger partial charge in [0.2, 0.25) is 0 Å². The molecule has 0 unspecified atom stereocenters. The maximum Gasteiger partial charge on any atom is 0.306 e. The fourth-order valence-corrected chi connectivity index (χ4v) is 2.70. The van der Waals surface area contributed by atoms with E-state index < -0.39 is 0 Å². The van der Waals surface area contributed by atoms with Crippen molar-refractivity contribution in [3.63, 3.8) is 0 Å². The second kappa shape index (κ2) is 3.39. The highest BCUT2D eigenvalue weighted by atomic mass is 16.5. The van der Waals surface area contributed by atoms with E-state index in [2.05, 4.69) is 13.0 Å². The number of carbonyl (C=O) groups is 1. The van der Waals surface area contributed by atoms with Crippen LogP contribution in [0.15, 0.2) is 11.6 Å². The van der Waals surface area contributed by atoms with E-state index in [1.807, 2.05) is 0 Å². The molecule has 0 amide bonds. The normalized spacial score (nSPS) is 36.3. The van der Waals surface area contributed by atoms with E-state index in [1.165, 1.54) is 5.57 Å². The van der Waals surface area contributed by atoms with Gasteiger partial charge in [-0.2, -0.15) is 0 Å². The van der Waals surface area contributed by atoms with Crippen molar-refractivity contribution < 1.29 is 14.6 Å². The van der Waals surface area contributed by atoms with Gasteiger partial charge in [-0.25, -0.2) is 0 Å². The first-order valence-corrected chi connectivity index (χ1v) is 5.13. The number of carbonyl (C=O) groups excluding carboxylic acids is 1. The van der Waals surface area contributed by atoms with Crippen LogP contribution in [-0.4, -0.2) is 24.3 Å². The lowest BCUT2D eigenvalue weighted by atomic mass is 9.72. The molecule has 3 heteroatoms. The van der Waals surface area contributed by atoms with Gasteiger partial charge in [0.05, 0.1) is 6.42 Å². The topological polar surface area (TPSA) is 46.5 Å². The first-order chi connectivity index (χ1) is 6.69. The first kappa shape index (κ1) is 9.71. The van der Waals surface area contributed by atoms with Crippen molar-refractivity contribution in [3.05, 3.63) is 11.6 Å². The Bertz CT molecular complexity index is 282. The van der Waals surface area contributed by atoms with Crippen LogP contribution in [-0.2, 0) is 9.53 Å². The Morgan fingerprint density at radius 3 is 3.07 bits per heavy atom. The summed E-state index contributed by atoms with van der Waals surface area (Å²) in [5, 5.41) is 8.97. The molecule has 1 heterocycles. The van der Waals surface area contributed by atoms with Crippen molar-refractivity contribution >= 4 is 5.97 Å². The van der Waals surface area contributed by atoms with Crippen molar-refractivity contribution in [2.75, 3.05) is 13.2 Å². The third kappa shape index (κ3) is 1.27. The molecule has 0 bridgehead atoms. The smallest absolute Gasteiger partial charge is 0.306 e. The van der Waals surface area contributed by atoms with Gasteiger partial charge in [-0.15, -0.1) is 0 Å². The Balaban J connectivity index is 2.20. The molecule has 1 aliphatic carbocycles. The predicted molar refractivity (Wildman–Crippen MR) is 51.6 cm³/mol. The van der Waals surface area contributed by atoms with Gasteiger partial charge in [-0.05, 0) is 25.7 Å². The van der Waals surface area contributed by atoms with Crippen molar-refractivity contribution in [2.24, 2.45) is 11.3 Å². The monoisotopic (exact) mass is 196 g/mol. The molecule has 1 saturated heterocycles. The zero-order valence-corrected chi connectivity index (χ0v) is 8.45. The molecule has 3 nitrogen and oxygen atoms in total. The lowest BCUT2D eigenvalue weighted by Gasteiger charge is -2.30. The number of rotatable bonds is 2. The zero-order chi connectivity index (χ0) is 10.2. The minimum Gasteiger partial charge on any atom is -0.465 e. The average molecular weight is 196 g/mol. The highest BCUT2D eigenvalue weighted by Crippen LogP contribution is 2.50. The molecule has 0 aromatic heterocycles. The van der Waals surface area contributed by atoms with E-state index in [9.17, 15) is 4.79 Å². The second-order valence-electron chi connectivity index (χ2n) is 4.33. The molecule has 0 radical (unpaired) electrons. The SMILES string of the molecule is CC1=CC[C@H](CCO)[C@]12COC(=O)C2. The molecule has 1 N–H and O–H groups in total. The van der Waals surface area contributed by atoms with Gasteiger partial charge in [-0.1, -0.05) is 11.6 Å². The molecular formula is C11H16O3. The molecular weight excluding hydrogens is 180 g/mol. The molecule has 2 aliphatic rings. The lowest BCUT2D eigenvalue weighted by molar-refractivity contribution is -0.137. The minimum atomic E-state index is -0.0948. The molecule has 78 valence electrons. The van der Waals surface area contributed by atoms with Crippen molar-refractivity contribution in [3.8, 4) is 0 Å². The van der Waals surface area contributed by atoms with Crippen LogP contribution < -0.4 is 0 Å². The summed E-state index contributed by atoms with van der Waals surface area (Å²) >= 11 is 0. The van der Waals surface area contributed by atoms with Crippen LogP contribution in [0, 0.1) is 11.3 Å². The quantitative estimate of drug-likeness (QED) is 0.534. The summed E-state index contributed by atoms with van der Waals surface area (Å²) < 4.78 is 5.08. The number of ether oxygens (including phenoxy) is 1. The van der Waals surface area contributed by atoms with Crippen LogP contribution in [0.2, 0.25) is 0 Å². The van der Waals surface area contributed by atoms with Crippen LogP contribution >= 0.6 is 0 Å². The predicted octanol–water partition coefficient (Wildman–Crippen LogP) is 1.27. The van der Waals surface area contributed by atoms with Gasteiger partial charge >= 0.3 is 5.97 Å². The third-order valence-corrected chi connectivity index (χ3v) is 3.70. The fraction of sp³-hybridized carbons (Fsp3) is 0.727. The van der Waals surface area contributed by atoms with Gasteiger partial charge < -0.3 is 9.84 Å². The standard InChI is InChI=1S/C11H16O3/c1-8-2-3-9(4-5-12)11(8)6-10(13)14-7-11/h2,9,12H,3-7H2,1H3/t9-,11-/m1/s1. The van der Waals surface area contributed by atoms with E-state index in [0.717, 1.165) is 12.8 Å². The van der Waals surface area contributed by atoms with Crippen molar-refractivity contribution in [1.29, 1.82) is 0 Å². The maximum atomic E-state index is 11.2. The van der Waals surface area contributed by atoms with Gasteiger partial charge in [0, 0.05) is 12.0 Å². The molecule has 2 atom stereocenters. The Morgan fingerprint density at radius 2 is 2.50 bits per heavy atom.